The lowest BCUT2D eigenvalue weighted by Gasteiger charge is -2.23. The fraction of sp³-hybridized carbons (Fsp3) is 0.889. The van der Waals surface area contributed by atoms with Crippen molar-refractivity contribution in [3.05, 3.63) is 0 Å². The normalized spacial score (nSPS) is 18.1. The Labute approximate surface area is 101 Å². The van der Waals surface area contributed by atoms with Crippen LogP contribution in [0.3, 0.4) is 0 Å². The van der Waals surface area contributed by atoms with Crippen LogP contribution in [0.4, 0.5) is 4.79 Å². The minimum atomic E-state index is -3.83. The molecule has 3 N–H and O–H groups in total. The zero-order valence-corrected chi connectivity index (χ0v) is 10.8. The summed E-state index contributed by atoms with van der Waals surface area (Å²) in [5, 5.41) is 3.12. The van der Waals surface area contributed by atoms with Gasteiger partial charge in [-0.25, -0.2) is 9.52 Å². The van der Waals surface area contributed by atoms with Crippen molar-refractivity contribution >= 4 is 16.3 Å². The maximum Gasteiger partial charge on any atom is 0.422 e. The molecule has 0 atom stereocenters. The van der Waals surface area contributed by atoms with Crippen molar-refractivity contribution in [2.45, 2.75) is 38.8 Å². The number of hydrogen-bond donors (Lipinski definition) is 3. The Hall–Kier alpha value is -0.860. The van der Waals surface area contributed by atoms with Gasteiger partial charge in [0.05, 0.1) is 6.10 Å². The van der Waals surface area contributed by atoms with Gasteiger partial charge in [0.25, 0.3) is 0 Å². The van der Waals surface area contributed by atoms with E-state index in [1.165, 1.54) is 0 Å². The van der Waals surface area contributed by atoms with E-state index in [1.54, 1.807) is 13.8 Å². The SMILES string of the molecule is CC(C)OC(=O)NS(=O)(=O)NC1CCNCC1. The predicted molar refractivity (Wildman–Crippen MR) is 62.7 cm³/mol. The molecule has 0 aromatic heterocycles. The lowest BCUT2D eigenvalue weighted by molar-refractivity contribution is 0.121. The number of carbonyl (C=O) groups is 1. The van der Waals surface area contributed by atoms with Crippen LogP contribution >= 0.6 is 0 Å². The quantitative estimate of drug-likeness (QED) is 0.649. The number of rotatable bonds is 4. The van der Waals surface area contributed by atoms with Crippen LogP contribution in [0.5, 0.6) is 0 Å². The van der Waals surface area contributed by atoms with Gasteiger partial charge in [-0.15, -0.1) is 0 Å². The minimum Gasteiger partial charge on any atom is -0.446 e. The van der Waals surface area contributed by atoms with Crippen LogP contribution in [-0.2, 0) is 14.9 Å². The second-order valence-electron chi connectivity index (χ2n) is 4.20. The molecule has 8 heteroatoms. The Morgan fingerprint density at radius 1 is 1.35 bits per heavy atom. The summed E-state index contributed by atoms with van der Waals surface area (Å²) < 4.78 is 32.0. The maximum atomic E-state index is 11.5. The molecule has 100 valence electrons. The summed E-state index contributed by atoms with van der Waals surface area (Å²) in [6.07, 6.45) is 0.103. The summed E-state index contributed by atoms with van der Waals surface area (Å²) in [7, 11) is -3.83. The summed E-state index contributed by atoms with van der Waals surface area (Å²) in [5.74, 6) is 0. The highest BCUT2D eigenvalue weighted by Crippen LogP contribution is 2.03. The zero-order valence-electron chi connectivity index (χ0n) is 10.0. The molecule has 0 radical (unpaired) electrons. The molecule has 0 saturated carbocycles. The molecule has 0 bridgehead atoms. The first kappa shape index (κ1) is 14.2. The second kappa shape index (κ2) is 6.18. The van der Waals surface area contributed by atoms with Crippen molar-refractivity contribution in [2.75, 3.05) is 13.1 Å². The van der Waals surface area contributed by atoms with E-state index < -0.39 is 16.3 Å². The van der Waals surface area contributed by atoms with E-state index in [0.717, 1.165) is 13.1 Å². The van der Waals surface area contributed by atoms with Crippen molar-refractivity contribution in [3.8, 4) is 0 Å². The molecule has 1 aliphatic heterocycles. The van der Waals surface area contributed by atoms with Gasteiger partial charge in [0.1, 0.15) is 0 Å². The smallest absolute Gasteiger partial charge is 0.422 e. The monoisotopic (exact) mass is 265 g/mol. The van der Waals surface area contributed by atoms with Gasteiger partial charge < -0.3 is 10.1 Å². The third kappa shape index (κ3) is 5.85. The molecule has 7 nitrogen and oxygen atoms in total. The molecule has 0 aromatic rings. The Morgan fingerprint density at radius 2 is 1.94 bits per heavy atom. The van der Waals surface area contributed by atoms with Crippen molar-refractivity contribution < 1.29 is 17.9 Å². The van der Waals surface area contributed by atoms with Gasteiger partial charge in [-0.2, -0.15) is 13.1 Å². The van der Waals surface area contributed by atoms with Crippen LogP contribution < -0.4 is 14.8 Å². The number of ether oxygens (including phenoxy) is 1. The first-order valence-electron chi connectivity index (χ1n) is 5.60. The van der Waals surface area contributed by atoms with E-state index >= 15 is 0 Å². The molecule has 1 saturated heterocycles. The summed E-state index contributed by atoms with van der Waals surface area (Å²) in [4.78, 5) is 11.1. The lowest BCUT2D eigenvalue weighted by Crippen LogP contribution is -2.48. The van der Waals surface area contributed by atoms with E-state index in [1.807, 2.05) is 4.72 Å². The lowest BCUT2D eigenvalue weighted by atomic mass is 10.1. The highest BCUT2D eigenvalue weighted by atomic mass is 32.2. The van der Waals surface area contributed by atoms with E-state index in [0.29, 0.717) is 12.8 Å². The van der Waals surface area contributed by atoms with Crippen LogP contribution in [0.1, 0.15) is 26.7 Å². The molecule has 1 fully saturated rings. The Kier molecular flexibility index (Phi) is 5.16. The summed E-state index contributed by atoms with van der Waals surface area (Å²) in [5.41, 5.74) is 0. The van der Waals surface area contributed by atoms with Gasteiger partial charge in [0, 0.05) is 6.04 Å². The van der Waals surface area contributed by atoms with E-state index in [4.69, 9.17) is 4.74 Å². The Balaban J connectivity index is 2.42. The highest BCUT2D eigenvalue weighted by molar-refractivity contribution is 7.88. The van der Waals surface area contributed by atoms with E-state index in [2.05, 4.69) is 10.0 Å². The second-order valence-corrected chi connectivity index (χ2v) is 5.65. The van der Waals surface area contributed by atoms with Crippen LogP contribution in [0, 0.1) is 0 Å². The minimum absolute atomic E-state index is 0.138. The first-order valence-corrected chi connectivity index (χ1v) is 7.09. The topological polar surface area (TPSA) is 96.5 Å². The average Bonchev–Trinajstić information content (AvgIpc) is 2.15. The average molecular weight is 265 g/mol. The number of amides is 1. The molecule has 1 aliphatic rings. The molecule has 0 aliphatic carbocycles. The summed E-state index contributed by atoms with van der Waals surface area (Å²) in [6.45, 7) is 4.83. The third-order valence-corrected chi connectivity index (χ3v) is 3.30. The number of nitrogens with one attached hydrogen (secondary N) is 3. The number of carbonyl (C=O) groups excluding carboxylic acids is 1. The summed E-state index contributed by atoms with van der Waals surface area (Å²) in [6, 6.07) is -0.138. The van der Waals surface area contributed by atoms with Gasteiger partial charge in [0.15, 0.2) is 0 Å². The standard InChI is InChI=1S/C9H19N3O4S/c1-7(2)16-9(13)12-17(14,15)11-8-3-5-10-6-4-8/h7-8,10-11H,3-6H2,1-2H3,(H,12,13). The van der Waals surface area contributed by atoms with Gasteiger partial charge in [-0.1, -0.05) is 0 Å². The Bertz CT molecular complexity index is 349. The zero-order chi connectivity index (χ0) is 12.9. The van der Waals surface area contributed by atoms with Crippen molar-refractivity contribution in [1.29, 1.82) is 0 Å². The molecule has 0 aromatic carbocycles. The molecular weight excluding hydrogens is 246 g/mol. The predicted octanol–water partition coefficient (Wildman–Crippen LogP) is -0.293. The van der Waals surface area contributed by atoms with Gasteiger partial charge in [0.2, 0.25) is 0 Å². The summed E-state index contributed by atoms with van der Waals surface area (Å²) >= 11 is 0. The first-order chi connectivity index (χ1) is 7.89. The van der Waals surface area contributed by atoms with Crippen LogP contribution in [0.2, 0.25) is 0 Å². The molecule has 0 unspecified atom stereocenters. The fourth-order valence-electron chi connectivity index (χ4n) is 1.54. The molecule has 1 amide bonds. The van der Waals surface area contributed by atoms with Crippen molar-refractivity contribution in [1.82, 2.24) is 14.8 Å². The number of hydrogen-bond acceptors (Lipinski definition) is 5. The van der Waals surface area contributed by atoms with Crippen LogP contribution in [0.25, 0.3) is 0 Å². The van der Waals surface area contributed by atoms with Gasteiger partial charge in [-0.05, 0) is 39.8 Å². The third-order valence-electron chi connectivity index (χ3n) is 2.22. The number of piperidine rings is 1. The van der Waals surface area contributed by atoms with E-state index in [-0.39, 0.29) is 12.1 Å². The fourth-order valence-corrected chi connectivity index (χ4v) is 2.54. The van der Waals surface area contributed by atoms with Gasteiger partial charge in [-0.3, -0.25) is 0 Å². The van der Waals surface area contributed by atoms with Crippen molar-refractivity contribution in [3.63, 3.8) is 0 Å². The van der Waals surface area contributed by atoms with Gasteiger partial charge >= 0.3 is 16.3 Å². The molecule has 0 spiro atoms. The molecule has 17 heavy (non-hydrogen) atoms. The Morgan fingerprint density at radius 3 is 2.47 bits per heavy atom. The van der Waals surface area contributed by atoms with Crippen LogP contribution in [0.15, 0.2) is 0 Å². The van der Waals surface area contributed by atoms with Crippen molar-refractivity contribution in [2.24, 2.45) is 0 Å². The largest absolute Gasteiger partial charge is 0.446 e. The molecule has 1 heterocycles. The molecule has 1 rings (SSSR count). The highest BCUT2D eigenvalue weighted by Gasteiger charge is 2.22. The van der Waals surface area contributed by atoms with Crippen LogP contribution in [-0.4, -0.2) is 39.7 Å². The molecular formula is C9H19N3O4S. The van der Waals surface area contributed by atoms with E-state index in [9.17, 15) is 13.2 Å². The maximum absolute atomic E-state index is 11.5.